The van der Waals surface area contributed by atoms with Gasteiger partial charge in [-0.25, -0.2) is 0 Å². The molecule has 0 bridgehead atoms. The number of hydrogen-bond donors (Lipinski definition) is 5. The Morgan fingerprint density at radius 1 is 1.29 bits per heavy atom. The molecule has 0 aliphatic carbocycles. The predicted octanol–water partition coefficient (Wildman–Crippen LogP) is -1.65. The quantitative estimate of drug-likeness (QED) is 0.193. The van der Waals surface area contributed by atoms with Gasteiger partial charge in [0, 0.05) is 27.2 Å². The molecule has 0 rings (SSSR count). The van der Waals surface area contributed by atoms with E-state index in [-0.39, 0.29) is 0 Å². The second kappa shape index (κ2) is 8.46. The number of nitrogens with two attached hydrogens (primary N) is 1. The van der Waals surface area contributed by atoms with Crippen LogP contribution in [-0.2, 0) is 0 Å². The largest absolute Gasteiger partial charge is 0.386 e. The Balaban J connectivity index is 3.18. The first-order valence-electron chi connectivity index (χ1n) is 4.58. The normalized spacial score (nSPS) is 11.4. The molecule has 0 aliphatic rings. The molecule has 0 spiro atoms. The van der Waals surface area contributed by atoms with E-state index in [0.29, 0.717) is 24.8 Å². The number of nitrogens with one attached hydrogen (secondary N) is 4. The molecule has 14 heavy (non-hydrogen) atoms. The van der Waals surface area contributed by atoms with Gasteiger partial charge in [0.15, 0.2) is 0 Å². The molecule has 0 amide bonds. The van der Waals surface area contributed by atoms with Gasteiger partial charge in [0.05, 0.1) is 13.1 Å². The first-order chi connectivity index (χ1) is 6.70. The van der Waals surface area contributed by atoms with Crippen LogP contribution in [0.1, 0.15) is 0 Å². The van der Waals surface area contributed by atoms with Gasteiger partial charge in [0.1, 0.15) is 11.7 Å². The molecule has 0 radical (unpaired) electrons. The molecule has 0 heterocycles. The van der Waals surface area contributed by atoms with Crippen LogP contribution in [0.3, 0.4) is 0 Å². The van der Waals surface area contributed by atoms with Crippen molar-refractivity contribution in [2.45, 2.75) is 0 Å². The number of hydrogen-bond acceptors (Lipinski definition) is 4. The molecule has 6 heteroatoms. The second-order valence-corrected chi connectivity index (χ2v) is 2.80. The summed E-state index contributed by atoms with van der Waals surface area (Å²) >= 11 is 0. The number of likely N-dealkylation sites (N-methyl/N-ethyl adjacent to an activating group) is 1. The molecule has 82 valence electrons. The smallest absolute Gasteiger partial charge is 0.107 e. The van der Waals surface area contributed by atoms with E-state index in [1.54, 1.807) is 14.1 Å². The fourth-order valence-corrected chi connectivity index (χ4v) is 0.774. The second-order valence-electron chi connectivity index (χ2n) is 2.80. The average molecular weight is 200 g/mol. The van der Waals surface area contributed by atoms with Crippen molar-refractivity contribution in [3.05, 3.63) is 0 Å². The summed E-state index contributed by atoms with van der Waals surface area (Å²) < 4.78 is 0. The molecule has 0 saturated carbocycles. The average Bonchev–Trinajstić information content (AvgIpc) is 2.22. The summed E-state index contributed by atoms with van der Waals surface area (Å²) in [6.45, 7) is 2.80. The highest BCUT2D eigenvalue weighted by molar-refractivity contribution is 5.82. The molecule has 0 fully saturated rings. The van der Waals surface area contributed by atoms with Crippen molar-refractivity contribution in [3.63, 3.8) is 0 Å². The summed E-state index contributed by atoms with van der Waals surface area (Å²) in [4.78, 5) is 3.82. The Kier molecular flexibility index (Phi) is 7.77. The van der Waals surface area contributed by atoms with Crippen LogP contribution in [0.15, 0.2) is 4.99 Å². The minimum Gasteiger partial charge on any atom is -0.386 e. The fraction of sp³-hybridized carbons (Fsp3) is 0.750. The Labute approximate surface area is 84.9 Å². The molecule has 0 aromatic rings. The zero-order valence-corrected chi connectivity index (χ0v) is 8.85. The third kappa shape index (κ3) is 7.51. The molecule has 0 saturated heterocycles. The SMILES string of the molecule is CN=C(N)CNCCNCC(=N)NC. The van der Waals surface area contributed by atoms with Crippen molar-refractivity contribution in [2.75, 3.05) is 40.3 Å². The third-order valence-electron chi connectivity index (χ3n) is 1.68. The van der Waals surface area contributed by atoms with Crippen molar-refractivity contribution < 1.29 is 0 Å². The molecule has 6 N–H and O–H groups in total. The van der Waals surface area contributed by atoms with E-state index < -0.39 is 0 Å². The monoisotopic (exact) mass is 200 g/mol. The van der Waals surface area contributed by atoms with E-state index in [0.717, 1.165) is 13.1 Å². The van der Waals surface area contributed by atoms with Gasteiger partial charge in [0.2, 0.25) is 0 Å². The summed E-state index contributed by atoms with van der Waals surface area (Å²) in [5, 5.41) is 16.2. The first kappa shape index (κ1) is 12.9. The van der Waals surface area contributed by atoms with Crippen molar-refractivity contribution >= 4 is 11.7 Å². The van der Waals surface area contributed by atoms with Crippen LogP contribution >= 0.6 is 0 Å². The van der Waals surface area contributed by atoms with Crippen LogP contribution < -0.4 is 21.7 Å². The fourth-order valence-electron chi connectivity index (χ4n) is 0.774. The minimum absolute atomic E-state index is 0.486. The lowest BCUT2D eigenvalue weighted by Crippen LogP contribution is -2.37. The van der Waals surface area contributed by atoms with Gasteiger partial charge in [0.25, 0.3) is 0 Å². The molecule has 0 unspecified atom stereocenters. The third-order valence-corrected chi connectivity index (χ3v) is 1.68. The van der Waals surface area contributed by atoms with Gasteiger partial charge in [-0.3, -0.25) is 10.4 Å². The van der Waals surface area contributed by atoms with Crippen LogP contribution in [0.2, 0.25) is 0 Å². The summed E-state index contributed by atoms with van der Waals surface area (Å²) in [6, 6.07) is 0. The molecular formula is C8H20N6. The summed E-state index contributed by atoms with van der Waals surface area (Å²) in [7, 11) is 3.41. The highest BCUT2D eigenvalue weighted by Crippen LogP contribution is 1.65. The van der Waals surface area contributed by atoms with E-state index in [9.17, 15) is 0 Å². The zero-order chi connectivity index (χ0) is 10.8. The summed E-state index contributed by atoms with van der Waals surface area (Å²) in [6.07, 6.45) is 0. The maximum Gasteiger partial charge on any atom is 0.107 e. The number of amidine groups is 2. The van der Waals surface area contributed by atoms with Gasteiger partial charge in [-0.1, -0.05) is 0 Å². The molecule has 0 atom stereocenters. The van der Waals surface area contributed by atoms with Crippen LogP contribution in [0.4, 0.5) is 0 Å². The Bertz CT molecular complexity index is 188. The number of rotatable bonds is 7. The maximum atomic E-state index is 7.28. The van der Waals surface area contributed by atoms with Gasteiger partial charge in [-0.2, -0.15) is 0 Å². The standard InChI is InChI=1S/C8H20N6/c1-11-7(9)5-13-3-4-14-6-8(10)12-2/h13-14H,3-6H2,1-2H3,(H2,9,11)(H2,10,12). The van der Waals surface area contributed by atoms with E-state index in [1.165, 1.54) is 0 Å². The number of nitrogens with zero attached hydrogens (tertiary/aromatic N) is 1. The Morgan fingerprint density at radius 3 is 2.36 bits per heavy atom. The highest BCUT2D eigenvalue weighted by Gasteiger charge is 1.92. The van der Waals surface area contributed by atoms with Gasteiger partial charge < -0.3 is 21.7 Å². The lowest BCUT2D eigenvalue weighted by molar-refractivity contribution is 0.676. The number of aliphatic imine (C=N–C) groups is 1. The first-order valence-corrected chi connectivity index (χ1v) is 4.58. The van der Waals surface area contributed by atoms with E-state index in [2.05, 4.69) is 20.9 Å². The summed E-state index contributed by atoms with van der Waals surface area (Å²) in [5.41, 5.74) is 5.48. The van der Waals surface area contributed by atoms with Crippen LogP contribution in [0.25, 0.3) is 0 Å². The molecule has 0 aromatic heterocycles. The van der Waals surface area contributed by atoms with Crippen LogP contribution in [0.5, 0.6) is 0 Å². The Hall–Kier alpha value is -1.14. The lowest BCUT2D eigenvalue weighted by atomic mass is 10.5. The van der Waals surface area contributed by atoms with E-state index in [1.807, 2.05) is 0 Å². The van der Waals surface area contributed by atoms with E-state index >= 15 is 0 Å². The predicted molar refractivity (Wildman–Crippen MR) is 60.1 cm³/mol. The molecule has 0 aromatic carbocycles. The van der Waals surface area contributed by atoms with Crippen molar-refractivity contribution in [3.8, 4) is 0 Å². The van der Waals surface area contributed by atoms with Crippen molar-refractivity contribution in [1.29, 1.82) is 5.41 Å². The summed E-state index contributed by atoms with van der Waals surface area (Å²) in [5.74, 6) is 1.09. The molecular weight excluding hydrogens is 180 g/mol. The highest BCUT2D eigenvalue weighted by atomic mass is 15.0. The lowest BCUT2D eigenvalue weighted by Gasteiger charge is -2.06. The minimum atomic E-state index is 0.486. The van der Waals surface area contributed by atoms with Crippen molar-refractivity contribution in [2.24, 2.45) is 10.7 Å². The van der Waals surface area contributed by atoms with E-state index in [4.69, 9.17) is 11.1 Å². The topological polar surface area (TPSA) is 98.3 Å². The van der Waals surface area contributed by atoms with Crippen LogP contribution in [-0.4, -0.2) is 51.9 Å². The van der Waals surface area contributed by atoms with Crippen molar-refractivity contribution in [1.82, 2.24) is 16.0 Å². The molecule has 6 nitrogen and oxygen atoms in total. The zero-order valence-electron chi connectivity index (χ0n) is 8.85. The van der Waals surface area contributed by atoms with Gasteiger partial charge >= 0.3 is 0 Å². The van der Waals surface area contributed by atoms with Gasteiger partial charge in [-0.05, 0) is 0 Å². The molecule has 0 aliphatic heterocycles. The Morgan fingerprint density at radius 2 is 1.86 bits per heavy atom. The van der Waals surface area contributed by atoms with Crippen LogP contribution in [0, 0.1) is 5.41 Å². The van der Waals surface area contributed by atoms with Gasteiger partial charge in [-0.15, -0.1) is 0 Å². The maximum absolute atomic E-state index is 7.28.